The molecule has 0 aliphatic heterocycles. The van der Waals surface area contributed by atoms with Crippen molar-refractivity contribution in [2.24, 2.45) is 0 Å². The van der Waals surface area contributed by atoms with Gasteiger partial charge in [-0.25, -0.2) is 0 Å². The number of ether oxygens (including phenoxy) is 1. The van der Waals surface area contributed by atoms with E-state index in [0.717, 1.165) is 36.5 Å². The van der Waals surface area contributed by atoms with Crippen LogP contribution in [0.15, 0.2) is 30.6 Å². The number of nitrogens with one attached hydrogen (secondary N) is 1. The second kappa shape index (κ2) is 7.20. The zero-order valence-electron chi connectivity index (χ0n) is 11.9. The molecule has 4 nitrogen and oxygen atoms in total. The van der Waals surface area contributed by atoms with Gasteiger partial charge in [-0.3, -0.25) is 4.68 Å². The summed E-state index contributed by atoms with van der Waals surface area (Å²) in [5.41, 5.74) is 2.12. The Kier molecular flexibility index (Phi) is 5.30. The van der Waals surface area contributed by atoms with Crippen LogP contribution in [0.3, 0.4) is 0 Å². The van der Waals surface area contributed by atoms with Gasteiger partial charge in [-0.15, -0.1) is 0 Å². The molecule has 1 aromatic carbocycles. The summed E-state index contributed by atoms with van der Waals surface area (Å²) < 4.78 is 7.46. The van der Waals surface area contributed by atoms with E-state index in [-0.39, 0.29) is 0 Å². The molecule has 1 aromatic heterocycles. The standard InChI is InChI=1S/C15H20ClN3O/c1-3-7-20-15-6-5-13(8-14(15)16)17-9-12-10-18-19(4-2)11-12/h5-6,8,10-11,17H,3-4,7,9H2,1-2H3. The SMILES string of the molecule is CCCOc1ccc(NCc2cnn(CC)c2)cc1Cl. The van der Waals surface area contributed by atoms with Crippen molar-refractivity contribution in [2.45, 2.75) is 33.4 Å². The number of anilines is 1. The van der Waals surface area contributed by atoms with Gasteiger partial charge >= 0.3 is 0 Å². The molecule has 2 aromatic rings. The van der Waals surface area contributed by atoms with E-state index in [1.807, 2.05) is 35.3 Å². The molecule has 20 heavy (non-hydrogen) atoms. The van der Waals surface area contributed by atoms with Crippen molar-refractivity contribution in [3.8, 4) is 5.75 Å². The Bertz CT molecular complexity index is 554. The molecule has 1 heterocycles. The molecule has 2 rings (SSSR count). The number of aryl methyl sites for hydroxylation is 1. The Morgan fingerprint density at radius 2 is 2.20 bits per heavy atom. The topological polar surface area (TPSA) is 39.1 Å². The number of benzene rings is 1. The van der Waals surface area contributed by atoms with E-state index in [4.69, 9.17) is 16.3 Å². The lowest BCUT2D eigenvalue weighted by Crippen LogP contribution is -2.00. The molecule has 0 fully saturated rings. The molecular weight excluding hydrogens is 274 g/mol. The van der Waals surface area contributed by atoms with E-state index >= 15 is 0 Å². The third-order valence-electron chi connectivity index (χ3n) is 2.90. The van der Waals surface area contributed by atoms with Gasteiger partial charge < -0.3 is 10.1 Å². The third kappa shape index (κ3) is 3.90. The number of halogens is 1. The third-order valence-corrected chi connectivity index (χ3v) is 3.20. The molecule has 0 aliphatic carbocycles. The van der Waals surface area contributed by atoms with Crippen molar-refractivity contribution in [3.63, 3.8) is 0 Å². The molecule has 5 heteroatoms. The van der Waals surface area contributed by atoms with Crippen molar-refractivity contribution < 1.29 is 4.74 Å². The normalized spacial score (nSPS) is 10.6. The minimum absolute atomic E-state index is 0.632. The van der Waals surface area contributed by atoms with Crippen LogP contribution in [0.2, 0.25) is 5.02 Å². The van der Waals surface area contributed by atoms with Crippen molar-refractivity contribution in [3.05, 3.63) is 41.2 Å². The molecule has 0 bridgehead atoms. The van der Waals surface area contributed by atoms with Gasteiger partial charge in [-0.05, 0) is 31.5 Å². The Balaban J connectivity index is 1.94. The Morgan fingerprint density at radius 1 is 1.35 bits per heavy atom. The van der Waals surface area contributed by atoms with Gasteiger partial charge in [0.15, 0.2) is 0 Å². The fourth-order valence-corrected chi connectivity index (χ4v) is 2.05. The van der Waals surface area contributed by atoms with Crippen LogP contribution in [0.1, 0.15) is 25.8 Å². The Hall–Kier alpha value is -1.68. The first-order valence-corrected chi connectivity index (χ1v) is 7.28. The summed E-state index contributed by atoms with van der Waals surface area (Å²) >= 11 is 6.19. The van der Waals surface area contributed by atoms with Gasteiger partial charge in [0.25, 0.3) is 0 Å². The number of aromatic nitrogens is 2. The van der Waals surface area contributed by atoms with E-state index in [1.165, 1.54) is 0 Å². The predicted molar refractivity (Wildman–Crippen MR) is 82.5 cm³/mol. The molecule has 0 amide bonds. The highest BCUT2D eigenvalue weighted by atomic mass is 35.5. The fraction of sp³-hybridized carbons (Fsp3) is 0.400. The van der Waals surface area contributed by atoms with Crippen molar-refractivity contribution in [1.82, 2.24) is 9.78 Å². The van der Waals surface area contributed by atoms with E-state index in [1.54, 1.807) is 0 Å². The summed E-state index contributed by atoms with van der Waals surface area (Å²) in [4.78, 5) is 0. The summed E-state index contributed by atoms with van der Waals surface area (Å²) in [6, 6.07) is 5.76. The number of hydrogen-bond donors (Lipinski definition) is 1. The van der Waals surface area contributed by atoms with Gasteiger partial charge in [0.1, 0.15) is 5.75 Å². The fourth-order valence-electron chi connectivity index (χ4n) is 1.81. The monoisotopic (exact) mass is 293 g/mol. The molecule has 0 aliphatic rings. The second-order valence-corrected chi connectivity index (χ2v) is 4.96. The van der Waals surface area contributed by atoms with Crippen LogP contribution in [0.5, 0.6) is 5.75 Å². The first kappa shape index (κ1) is 14.7. The van der Waals surface area contributed by atoms with Crippen molar-refractivity contribution >= 4 is 17.3 Å². The molecule has 0 saturated heterocycles. The van der Waals surface area contributed by atoms with Crippen LogP contribution >= 0.6 is 11.6 Å². The van der Waals surface area contributed by atoms with Crippen LogP contribution in [0.4, 0.5) is 5.69 Å². The van der Waals surface area contributed by atoms with Gasteiger partial charge in [0.05, 0.1) is 17.8 Å². The van der Waals surface area contributed by atoms with Gasteiger partial charge in [-0.1, -0.05) is 18.5 Å². The predicted octanol–water partition coefficient (Wildman–Crippen LogP) is 3.96. The summed E-state index contributed by atoms with van der Waals surface area (Å²) in [6.45, 7) is 6.43. The maximum absolute atomic E-state index is 6.19. The summed E-state index contributed by atoms with van der Waals surface area (Å²) in [5, 5.41) is 8.20. The first-order valence-electron chi connectivity index (χ1n) is 6.90. The summed E-state index contributed by atoms with van der Waals surface area (Å²) in [7, 11) is 0. The maximum Gasteiger partial charge on any atom is 0.138 e. The van der Waals surface area contributed by atoms with E-state index in [9.17, 15) is 0 Å². The molecule has 0 atom stereocenters. The lowest BCUT2D eigenvalue weighted by molar-refractivity contribution is 0.317. The summed E-state index contributed by atoms with van der Waals surface area (Å²) in [5.74, 6) is 0.734. The van der Waals surface area contributed by atoms with Crippen molar-refractivity contribution in [1.29, 1.82) is 0 Å². The molecule has 0 spiro atoms. The minimum Gasteiger partial charge on any atom is -0.492 e. The Labute approximate surface area is 124 Å². The molecule has 0 radical (unpaired) electrons. The highest BCUT2D eigenvalue weighted by Crippen LogP contribution is 2.28. The maximum atomic E-state index is 6.19. The van der Waals surface area contributed by atoms with Crippen molar-refractivity contribution in [2.75, 3.05) is 11.9 Å². The van der Waals surface area contributed by atoms with Crippen LogP contribution in [0, 0.1) is 0 Å². The van der Waals surface area contributed by atoms with E-state index in [2.05, 4.69) is 24.3 Å². The highest BCUT2D eigenvalue weighted by Gasteiger charge is 2.03. The zero-order valence-corrected chi connectivity index (χ0v) is 12.7. The van der Waals surface area contributed by atoms with Gasteiger partial charge in [0, 0.05) is 30.5 Å². The molecule has 108 valence electrons. The van der Waals surface area contributed by atoms with E-state index in [0.29, 0.717) is 11.6 Å². The molecular formula is C15H20ClN3O. The zero-order chi connectivity index (χ0) is 14.4. The number of rotatable bonds is 7. The minimum atomic E-state index is 0.632. The quantitative estimate of drug-likeness (QED) is 0.840. The van der Waals surface area contributed by atoms with Gasteiger partial charge in [0.2, 0.25) is 0 Å². The van der Waals surface area contributed by atoms with Crippen LogP contribution < -0.4 is 10.1 Å². The lowest BCUT2D eigenvalue weighted by Gasteiger charge is -2.10. The highest BCUT2D eigenvalue weighted by molar-refractivity contribution is 6.32. The first-order chi connectivity index (χ1) is 9.72. The number of hydrogen-bond acceptors (Lipinski definition) is 3. The molecule has 0 saturated carbocycles. The van der Waals surface area contributed by atoms with Crippen LogP contribution in [-0.2, 0) is 13.1 Å². The second-order valence-electron chi connectivity index (χ2n) is 4.55. The van der Waals surface area contributed by atoms with E-state index < -0.39 is 0 Å². The lowest BCUT2D eigenvalue weighted by atomic mass is 10.3. The van der Waals surface area contributed by atoms with Crippen LogP contribution in [0.25, 0.3) is 0 Å². The van der Waals surface area contributed by atoms with Gasteiger partial charge in [-0.2, -0.15) is 5.10 Å². The Morgan fingerprint density at radius 3 is 2.85 bits per heavy atom. The molecule has 0 unspecified atom stereocenters. The average molecular weight is 294 g/mol. The summed E-state index contributed by atoms with van der Waals surface area (Å²) in [6.07, 6.45) is 4.88. The smallest absolute Gasteiger partial charge is 0.138 e. The molecule has 1 N–H and O–H groups in total. The average Bonchev–Trinajstić information content (AvgIpc) is 2.92. The van der Waals surface area contributed by atoms with Crippen LogP contribution in [-0.4, -0.2) is 16.4 Å². The largest absolute Gasteiger partial charge is 0.492 e. The number of nitrogens with zero attached hydrogens (tertiary/aromatic N) is 2.